The number of fused-ring (bicyclic) bond motifs is 1. The maximum atomic E-state index is 6.05. The Kier molecular flexibility index (Phi) is 3.38. The van der Waals surface area contributed by atoms with Gasteiger partial charge in [0.05, 0.1) is 11.3 Å². The topological polar surface area (TPSA) is 21.6 Å². The lowest BCUT2D eigenvalue weighted by atomic mass is 10.0. The van der Waals surface area contributed by atoms with Gasteiger partial charge in [0.2, 0.25) is 5.90 Å². The highest BCUT2D eigenvalue weighted by Crippen LogP contribution is 2.36. The van der Waals surface area contributed by atoms with Crippen molar-refractivity contribution in [3.63, 3.8) is 0 Å². The smallest absolute Gasteiger partial charge is 0.223 e. The summed E-state index contributed by atoms with van der Waals surface area (Å²) in [5, 5.41) is 0. The Bertz CT molecular complexity index is 636. The molecule has 2 nitrogen and oxygen atoms in total. The maximum absolute atomic E-state index is 6.05. The van der Waals surface area contributed by atoms with Crippen LogP contribution in [0.4, 0.5) is 5.69 Å². The first-order valence-corrected chi connectivity index (χ1v) is 7.18. The number of benzene rings is 2. The van der Waals surface area contributed by atoms with Gasteiger partial charge in [-0.3, -0.25) is 0 Å². The van der Waals surface area contributed by atoms with E-state index in [4.69, 9.17) is 4.74 Å². The molecule has 0 aromatic heterocycles. The SMILES string of the molecule is CCC1OC(c2ccccc2Br)=Nc2ccccc21. The Labute approximate surface area is 121 Å². The first-order chi connectivity index (χ1) is 9.29. The fraction of sp³-hybridized carbons (Fsp3) is 0.188. The molecule has 0 spiro atoms. The van der Waals surface area contributed by atoms with E-state index < -0.39 is 0 Å². The summed E-state index contributed by atoms with van der Waals surface area (Å²) in [5.41, 5.74) is 3.17. The first-order valence-electron chi connectivity index (χ1n) is 6.38. The zero-order valence-corrected chi connectivity index (χ0v) is 12.2. The van der Waals surface area contributed by atoms with Crippen LogP contribution in [0.2, 0.25) is 0 Å². The molecule has 0 saturated carbocycles. The van der Waals surface area contributed by atoms with E-state index in [1.54, 1.807) is 0 Å². The van der Waals surface area contributed by atoms with Gasteiger partial charge in [0, 0.05) is 10.0 Å². The lowest BCUT2D eigenvalue weighted by Gasteiger charge is -2.25. The zero-order valence-electron chi connectivity index (χ0n) is 10.6. The molecule has 0 bridgehead atoms. The third kappa shape index (κ3) is 2.30. The van der Waals surface area contributed by atoms with Crippen molar-refractivity contribution < 1.29 is 4.74 Å². The highest BCUT2D eigenvalue weighted by molar-refractivity contribution is 9.10. The molecular weight excluding hydrogens is 302 g/mol. The van der Waals surface area contributed by atoms with Gasteiger partial charge in [0.25, 0.3) is 0 Å². The molecule has 1 aliphatic heterocycles. The molecule has 1 heterocycles. The second-order valence-electron chi connectivity index (χ2n) is 4.47. The second kappa shape index (κ2) is 5.17. The summed E-state index contributed by atoms with van der Waals surface area (Å²) < 4.78 is 7.05. The zero-order chi connectivity index (χ0) is 13.2. The fourth-order valence-electron chi connectivity index (χ4n) is 2.26. The van der Waals surface area contributed by atoms with Crippen molar-refractivity contribution in [2.75, 3.05) is 0 Å². The summed E-state index contributed by atoms with van der Waals surface area (Å²) >= 11 is 3.55. The maximum Gasteiger partial charge on any atom is 0.223 e. The van der Waals surface area contributed by atoms with Gasteiger partial charge in [0.15, 0.2) is 0 Å². The summed E-state index contributed by atoms with van der Waals surface area (Å²) in [6.07, 6.45) is 1.01. The van der Waals surface area contributed by atoms with Gasteiger partial charge in [-0.1, -0.05) is 37.3 Å². The molecule has 1 atom stereocenters. The van der Waals surface area contributed by atoms with Crippen LogP contribution >= 0.6 is 15.9 Å². The molecule has 0 radical (unpaired) electrons. The van der Waals surface area contributed by atoms with Crippen LogP contribution in [0, 0.1) is 0 Å². The minimum absolute atomic E-state index is 0.0795. The molecule has 19 heavy (non-hydrogen) atoms. The highest BCUT2D eigenvalue weighted by atomic mass is 79.9. The Hall–Kier alpha value is -1.61. The fourth-order valence-corrected chi connectivity index (χ4v) is 2.71. The predicted octanol–water partition coefficient (Wildman–Crippen LogP) is 5.01. The average Bonchev–Trinajstić information content (AvgIpc) is 2.46. The van der Waals surface area contributed by atoms with Crippen molar-refractivity contribution in [1.29, 1.82) is 0 Å². The van der Waals surface area contributed by atoms with Gasteiger partial charge in [-0.25, -0.2) is 4.99 Å². The summed E-state index contributed by atoms with van der Waals surface area (Å²) in [4.78, 5) is 4.64. The molecule has 2 aromatic carbocycles. The van der Waals surface area contributed by atoms with Crippen molar-refractivity contribution in [2.24, 2.45) is 4.99 Å². The molecule has 0 N–H and O–H groups in total. The standard InChI is InChI=1S/C16H14BrNO/c1-2-15-12-8-4-6-10-14(12)18-16(19-15)11-7-3-5-9-13(11)17/h3-10,15H,2H2,1H3. The van der Waals surface area contributed by atoms with Crippen LogP contribution in [0.5, 0.6) is 0 Å². The molecule has 1 unspecified atom stereocenters. The van der Waals surface area contributed by atoms with Crippen LogP contribution in [-0.2, 0) is 4.74 Å². The van der Waals surface area contributed by atoms with Crippen LogP contribution in [0.15, 0.2) is 58.0 Å². The predicted molar refractivity (Wildman–Crippen MR) is 80.9 cm³/mol. The van der Waals surface area contributed by atoms with Crippen molar-refractivity contribution in [3.05, 3.63) is 64.1 Å². The highest BCUT2D eigenvalue weighted by Gasteiger charge is 2.23. The third-order valence-electron chi connectivity index (χ3n) is 3.23. The van der Waals surface area contributed by atoms with Crippen molar-refractivity contribution >= 4 is 27.5 Å². The van der Waals surface area contributed by atoms with Crippen LogP contribution < -0.4 is 0 Å². The van der Waals surface area contributed by atoms with Gasteiger partial charge < -0.3 is 4.74 Å². The lowest BCUT2D eigenvalue weighted by Crippen LogP contribution is -2.16. The van der Waals surface area contributed by atoms with Crippen LogP contribution in [0.3, 0.4) is 0 Å². The Balaban J connectivity index is 2.10. The summed E-state index contributed by atoms with van der Waals surface area (Å²) in [6, 6.07) is 16.2. The molecule has 3 rings (SSSR count). The van der Waals surface area contributed by atoms with Crippen LogP contribution in [0.25, 0.3) is 0 Å². The normalized spacial score (nSPS) is 17.4. The number of hydrogen-bond donors (Lipinski definition) is 0. The average molecular weight is 316 g/mol. The number of ether oxygens (including phenoxy) is 1. The minimum Gasteiger partial charge on any atom is -0.469 e. The number of nitrogens with zero attached hydrogens (tertiary/aromatic N) is 1. The van der Waals surface area contributed by atoms with Gasteiger partial charge >= 0.3 is 0 Å². The Morgan fingerprint density at radius 1 is 1.11 bits per heavy atom. The van der Waals surface area contributed by atoms with Crippen molar-refractivity contribution in [3.8, 4) is 0 Å². The summed E-state index contributed by atoms with van der Waals surface area (Å²) in [7, 11) is 0. The van der Waals surface area contributed by atoms with E-state index in [1.165, 1.54) is 5.56 Å². The number of aliphatic imine (C=N–C) groups is 1. The largest absolute Gasteiger partial charge is 0.469 e. The molecule has 0 saturated heterocycles. The third-order valence-corrected chi connectivity index (χ3v) is 3.93. The van der Waals surface area contributed by atoms with E-state index in [0.29, 0.717) is 5.90 Å². The number of para-hydroxylation sites is 1. The van der Waals surface area contributed by atoms with Gasteiger partial charge in [-0.15, -0.1) is 0 Å². The van der Waals surface area contributed by atoms with E-state index in [0.717, 1.165) is 22.1 Å². The molecule has 96 valence electrons. The van der Waals surface area contributed by atoms with Crippen molar-refractivity contribution in [2.45, 2.75) is 19.4 Å². The molecule has 0 amide bonds. The van der Waals surface area contributed by atoms with E-state index >= 15 is 0 Å². The second-order valence-corrected chi connectivity index (χ2v) is 5.32. The van der Waals surface area contributed by atoms with Crippen LogP contribution in [0.1, 0.15) is 30.6 Å². The van der Waals surface area contributed by atoms with Gasteiger partial charge in [-0.2, -0.15) is 0 Å². The summed E-state index contributed by atoms with van der Waals surface area (Å²) in [5.74, 6) is 0.693. The Morgan fingerprint density at radius 2 is 1.84 bits per heavy atom. The molecule has 1 aliphatic rings. The van der Waals surface area contributed by atoms with E-state index in [1.807, 2.05) is 42.5 Å². The summed E-state index contributed by atoms with van der Waals surface area (Å²) in [6.45, 7) is 2.13. The number of rotatable bonds is 2. The van der Waals surface area contributed by atoms with E-state index in [9.17, 15) is 0 Å². The van der Waals surface area contributed by atoms with E-state index in [2.05, 4.69) is 33.9 Å². The molecule has 0 fully saturated rings. The molecule has 0 aliphatic carbocycles. The van der Waals surface area contributed by atoms with Crippen molar-refractivity contribution in [1.82, 2.24) is 0 Å². The molecular formula is C16H14BrNO. The quantitative estimate of drug-likeness (QED) is 0.763. The van der Waals surface area contributed by atoms with E-state index in [-0.39, 0.29) is 6.10 Å². The van der Waals surface area contributed by atoms with Gasteiger partial charge in [-0.05, 0) is 40.5 Å². The van der Waals surface area contributed by atoms with Crippen LogP contribution in [-0.4, -0.2) is 5.90 Å². The number of hydrogen-bond acceptors (Lipinski definition) is 2. The minimum atomic E-state index is 0.0795. The first kappa shape index (κ1) is 12.4. The lowest BCUT2D eigenvalue weighted by molar-refractivity contribution is 0.184. The van der Waals surface area contributed by atoms with Gasteiger partial charge in [0.1, 0.15) is 6.10 Å². The Morgan fingerprint density at radius 3 is 2.63 bits per heavy atom. The molecule has 2 aromatic rings. The molecule has 3 heteroatoms. The monoisotopic (exact) mass is 315 g/mol. The number of halogens is 1.